The Kier molecular flexibility index (Phi) is 4.85. The van der Waals surface area contributed by atoms with Crippen LogP contribution < -0.4 is 5.32 Å². The fourth-order valence-electron chi connectivity index (χ4n) is 2.69. The minimum absolute atomic E-state index is 0.0522. The van der Waals surface area contributed by atoms with Gasteiger partial charge in [-0.25, -0.2) is 4.98 Å². The fourth-order valence-corrected chi connectivity index (χ4v) is 3.65. The van der Waals surface area contributed by atoms with Gasteiger partial charge < -0.3 is 10.1 Å². The van der Waals surface area contributed by atoms with E-state index in [0.29, 0.717) is 13.0 Å². The third kappa shape index (κ3) is 3.72. The van der Waals surface area contributed by atoms with E-state index in [-0.39, 0.29) is 11.9 Å². The van der Waals surface area contributed by atoms with Crippen LogP contribution in [0.25, 0.3) is 11.3 Å². The van der Waals surface area contributed by atoms with Gasteiger partial charge in [-0.2, -0.15) is 0 Å². The van der Waals surface area contributed by atoms with Crippen molar-refractivity contribution in [3.05, 3.63) is 40.2 Å². The highest BCUT2D eigenvalue weighted by Gasteiger charge is 2.19. The molecule has 22 heavy (non-hydrogen) atoms. The van der Waals surface area contributed by atoms with Gasteiger partial charge in [0.2, 0.25) is 5.91 Å². The van der Waals surface area contributed by atoms with Gasteiger partial charge in [0.05, 0.1) is 29.8 Å². The maximum atomic E-state index is 12.3. The third-order valence-corrected chi connectivity index (χ3v) is 4.67. The summed E-state index contributed by atoms with van der Waals surface area (Å²) in [7, 11) is 0. The monoisotopic (exact) mass is 316 g/mol. The molecular weight excluding hydrogens is 296 g/mol. The smallest absolute Gasteiger partial charge is 0.225 e. The molecule has 0 spiro atoms. The summed E-state index contributed by atoms with van der Waals surface area (Å²) in [5.74, 6) is 0.0522. The predicted molar refractivity (Wildman–Crippen MR) is 88.0 cm³/mol. The molecule has 2 aromatic rings. The molecule has 0 radical (unpaired) electrons. The molecule has 1 aliphatic rings. The number of carbonyl (C=O) groups excluding carboxylic acids is 1. The van der Waals surface area contributed by atoms with Gasteiger partial charge in [-0.3, -0.25) is 4.79 Å². The molecule has 1 aromatic carbocycles. The van der Waals surface area contributed by atoms with E-state index in [9.17, 15) is 4.79 Å². The van der Waals surface area contributed by atoms with Crippen molar-refractivity contribution in [1.82, 2.24) is 10.3 Å². The Labute approximate surface area is 134 Å². The summed E-state index contributed by atoms with van der Waals surface area (Å²) in [4.78, 5) is 17.9. The lowest BCUT2D eigenvalue weighted by Gasteiger charge is -2.23. The number of benzene rings is 1. The summed E-state index contributed by atoms with van der Waals surface area (Å²) >= 11 is 1.60. The molecule has 0 aliphatic carbocycles. The van der Waals surface area contributed by atoms with E-state index in [1.807, 2.05) is 37.3 Å². The zero-order valence-corrected chi connectivity index (χ0v) is 13.5. The Morgan fingerprint density at radius 3 is 2.95 bits per heavy atom. The molecule has 1 saturated heterocycles. The van der Waals surface area contributed by atoms with Gasteiger partial charge in [-0.1, -0.05) is 30.3 Å². The van der Waals surface area contributed by atoms with Crippen LogP contribution in [0.5, 0.6) is 0 Å². The van der Waals surface area contributed by atoms with Crippen molar-refractivity contribution in [2.45, 2.75) is 32.2 Å². The van der Waals surface area contributed by atoms with Gasteiger partial charge in [0.15, 0.2) is 0 Å². The van der Waals surface area contributed by atoms with Crippen LogP contribution in [0.1, 0.15) is 22.7 Å². The van der Waals surface area contributed by atoms with Gasteiger partial charge >= 0.3 is 0 Å². The van der Waals surface area contributed by atoms with Crippen LogP contribution in [0.15, 0.2) is 30.3 Å². The van der Waals surface area contributed by atoms with E-state index in [1.54, 1.807) is 11.3 Å². The highest BCUT2D eigenvalue weighted by Crippen LogP contribution is 2.28. The molecule has 116 valence electrons. The molecule has 1 aliphatic heterocycles. The van der Waals surface area contributed by atoms with E-state index >= 15 is 0 Å². The summed E-state index contributed by atoms with van der Waals surface area (Å²) in [6.45, 7) is 3.41. The minimum Gasteiger partial charge on any atom is -0.379 e. The Bertz CT molecular complexity index is 633. The Hall–Kier alpha value is -1.72. The van der Waals surface area contributed by atoms with E-state index in [4.69, 9.17) is 4.74 Å². The third-order valence-electron chi connectivity index (χ3n) is 3.70. The molecule has 1 atom stereocenters. The first-order valence-corrected chi connectivity index (χ1v) is 8.43. The SMILES string of the molecule is Cc1nc(-c2ccccc2)c(CC(=O)NC2CCCOC2)s1. The van der Waals surface area contributed by atoms with E-state index in [0.717, 1.165) is 40.6 Å². The highest BCUT2D eigenvalue weighted by molar-refractivity contribution is 7.12. The van der Waals surface area contributed by atoms with E-state index in [2.05, 4.69) is 10.3 Å². The topological polar surface area (TPSA) is 51.2 Å². The van der Waals surface area contributed by atoms with Crippen molar-refractivity contribution in [1.29, 1.82) is 0 Å². The van der Waals surface area contributed by atoms with E-state index < -0.39 is 0 Å². The first kappa shape index (κ1) is 15.2. The molecule has 1 aromatic heterocycles. The lowest BCUT2D eigenvalue weighted by atomic mass is 10.1. The average Bonchev–Trinajstić information content (AvgIpc) is 2.89. The number of hydrogen-bond donors (Lipinski definition) is 1. The molecule has 1 unspecified atom stereocenters. The second-order valence-electron chi connectivity index (χ2n) is 5.53. The number of nitrogens with zero attached hydrogens (tertiary/aromatic N) is 1. The van der Waals surface area contributed by atoms with Gasteiger partial charge in [0.1, 0.15) is 0 Å². The van der Waals surface area contributed by atoms with Crippen molar-refractivity contribution in [2.24, 2.45) is 0 Å². The number of aromatic nitrogens is 1. The van der Waals surface area contributed by atoms with Crippen molar-refractivity contribution >= 4 is 17.2 Å². The summed E-state index contributed by atoms with van der Waals surface area (Å²) in [6, 6.07) is 10.2. The van der Waals surface area contributed by atoms with Crippen LogP contribution in [0.3, 0.4) is 0 Å². The van der Waals surface area contributed by atoms with E-state index in [1.165, 1.54) is 0 Å². The first-order valence-electron chi connectivity index (χ1n) is 7.61. The maximum absolute atomic E-state index is 12.3. The Morgan fingerprint density at radius 1 is 1.41 bits per heavy atom. The Morgan fingerprint density at radius 2 is 2.23 bits per heavy atom. The van der Waals surface area contributed by atoms with Crippen molar-refractivity contribution in [3.63, 3.8) is 0 Å². The van der Waals surface area contributed by atoms with Crippen LogP contribution >= 0.6 is 11.3 Å². The normalized spacial score (nSPS) is 18.1. The Balaban J connectivity index is 1.71. The summed E-state index contributed by atoms with van der Waals surface area (Å²) < 4.78 is 5.41. The van der Waals surface area contributed by atoms with Crippen molar-refractivity contribution in [3.8, 4) is 11.3 Å². The summed E-state index contributed by atoms with van der Waals surface area (Å²) in [5.41, 5.74) is 1.99. The quantitative estimate of drug-likeness (QED) is 0.943. The van der Waals surface area contributed by atoms with Crippen LogP contribution in [0, 0.1) is 6.92 Å². The molecule has 0 bridgehead atoms. The molecular formula is C17H20N2O2S. The van der Waals surface area contributed by atoms with Gasteiger partial charge in [-0.05, 0) is 19.8 Å². The minimum atomic E-state index is 0.0522. The molecule has 2 heterocycles. The van der Waals surface area contributed by atoms with Crippen molar-refractivity contribution < 1.29 is 9.53 Å². The van der Waals surface area contributed by atoms with Crippen LogP contribution in [-0.4, -0.2) is 30.1 Å². The summed E-state index contributed by atoms with van der Waals surface area (Å²) in [5, 5.41) is 4.06. The largest absolute Gasteiger partial charge is 0.379 e. The number of amides is 1. The number of thiazole rings is 1. The standard InChI is InChI=1S/C17H20N2O2S/c1-12-18-17(13-6-3-2-4-7-13)15(22-12)10-16(20)19-14-8-5-9-21-11-14/h2-4,6-7,14H,5,8-11H2,1H3,(H,19,20). The molecule has 5 heteroatoms. The molecule has 4 nitrogen and oxygen atoms in total. The lowest BCUT2D eigenvalue weighted by Crippen LogP contribution is -2.41. The van der Waals surface area contributed by atoms with Crippen LogP contribution in [0.2, 0.25) is 0 Å². The first-order chi connectivity index (χ1) is 10.7. The van der Waals surface area contributed by atoms with Gasteiger partial charge in [0, 0.05) is 17.0 Å². The molecule has 0 saturated carbocycles. The number of nitrogens with one attached hydrogen (secondary N) is 1. The van der Waals surface area contributed by atoms with Crippen LogP contribution in [-0.2, 0) is 16.0 Å². The number of rotatable bonds is 4. The predicted octanol–water partition coefficient (Wildman–Crippen LogP) is 2.96. The summed E-state index contributed by atoms with van der Waals surface area (Å²) in [6.07, 6.45) is 2.39. The zero-order chi connectivity index (χ0) is 15.4. The van der Waals surface area contributed by atoms with Gasteiger partial charge in [0.25, 0.3) is 0 Å². The number of hydrogen-bond acceptors (Lipinski definition) is 4. The van der Waals surface area contributed by atoms with Crippen LogP contribution in [0.4, 0.5) is 0 Å². The second kappa shape index (κ2) is 7.03. The lowest BCUT2D eigenvalue weighted by molar-refractivity contribution is -0.122. The number of ether oxygens (including phenoxy) is 1. The molecule has 1 amide bonds. The van der Waals surface area contributed by atoms with Crippen molar-refractivity contribution in [2.75, 3.05) is 13.2 Å². The molecule has 3 rings (SSSR count). The number of aryl methyl sites for hydroxylation is 1. The van der Waals surface area contributed by atoms with Gasteiger partial charge in [-0.15, -0.1) is 11.3 Å². The molecule has 1 fully saturated rings. The number of carbonyl (C=O) groups is 1. The zero-order valence-electron chi connectivity index (χ0n) is 12.7. The maximum Gasteiger partial charge on any atom is 0.225 e. The average molecular weight is 316 g/mol. The fraction of sp³-hybridized carbons (Fsp3) is 0.412. The highest BCUT2D eigenvalue weighted by atomic mass is 32.1. The second-order valence-corrected chi connectivity index (χ2v) is 6.82. The molecule has 1 N–H and O–H groups in total.